The van der Waals surface area contributed by atoms with E-state index in [2.05, 4.69) is 18.2 Å². The minimum absolute atomic E-state index is 0.0834. The van der Waals surface area contributed by atoms with Gasteiger partial charge < -0.3 is 9.80 Å². The van der Waals surface area contributed by atoms with Crippen LogP contribution in [0, 0.1) is 5.92 Å². The number of hydrogen-bond acceptors (Lipinski definition) is 2. The Labute approximate surface area is 131 Å². The lowest BCUT2D eigenvalue weighted by molar-refractivity contribution is -0.136. The third kappa shape index (κ3) is 3.21. The quantitative estimate of drug-likeness (QED) is 0.839. The Bertz CT molecular complexity index is 584. The van der Waals surface area contributed by atoms with Gasteiger partial charge in [0.15, 0.2) is 0 Å². The van der Waals surface area contributed by atoms with Crippen LogP contribution in [0.2, 0.25) is 0 Å². The maximum absolute atomic E-state index is 12.5. The van der Waals surface area contributed by atoms with Crippen LogP contribution in [0.5, 0.6) is 0 Å². The molecule has 3 rings (SSSR count). The van der Waals surface area contributed by atoms with E-state index in [-0.39, 0.29) is 17.7 Å². The molecule has 2 saturated heterocycles. The normalized spacial score (nSPS) is 22.1. The summed E-state index contributed by atoms with van der Waals surface area (Å²) in [5, 5.41) is 0. The number of rotatable bonds is 2. The van der Waals surface area contributed by atoms with Crippen molar-refractivity contribution in [2.45, 2.75) is 19.3 Å². The zero-order valence-electron chi connectivity index (χ0n) is 13.0. The van der Waals surface area contributed by atoms with E-state index >= 15 is 0 Å². The molecule has 1 aromatic rings. The predicted octanol–water partition coefficient (Wildman–Crippen LogP) is 2.17. The zero-order chi connectivity index (χ0) is 15.5. The third-order valence-corrected chi connectivity index (χ3v) is 4.58. The van der Waals surface area contributed by atoms with Gasteiger partial charge in [-0.1, -0.05) is 42.0 Å². The molecule has 0 bridgehead atoms. The van der Waals surface area contributed by atoms with Crippen LogP contribution in [0.15, 0.2) is 35.9 Å². The Morgan fingerprint density at radius 1 is 1.18 bits per heavy atom. The summed E-state index contributed by atoms with van der Waals surface area (Å²) >= 11 is 0. The van der Waals surface area contributed by atoms with Crippen molar-refractivity contribution in [3.05, 3.63) is 41.5 Å². The highest BCUT2D eigenvalue weighted by atomic mass is 16.2. The highest BCUT2D eigenvalue weighted by Gasteiger charge is 2.35. The predicted molar refractivity (Wildman–Crippen MR) is 86.0 cm³/mol. The van der Waals surface area contributed by atoms with E-state index < -0.39 is 0 Å². The highest BCUT2D eigenvalue weighted by Crippen LogP contribution is 2.24. The van der Waals surface area contributed by atoms with E-state index in [9.17, 15) is 9.59 Å². The number of amides is 2. The van der Waals surface area contributed by atoms with Crippen molar-refractivity contribution in [1.82, 2.24) is 9.80 Å². The second-order valence-electron chi connectivity index (χ2n) is 6.21. The molecule has 4 heteroatoms. The summed E-state index contributed by atoms with van der Waals surface area (Å²) in [5.74, 6) is 0.0913. The van der Waals surface area contributed by atoms with Gasteiger partial charge in [0.05, 0.1) is 5.92 Å². The number of piperidine rings is 1. The average molecular weight is 298 g/mol. The minimum Gasteiger partial charge on any atom is -0.345 e. The molecule has 2 amide bonds. The van der Waals surface area contributed by atoms with Crippen molar-refractivity contribution in [1.29, 1.82) is 0 Å². The van der Waals surface area contributed by atoms with Gasteiger partial charge in [-0.3, -0.25) is 9.59 Å². The first-order valence-corrected chi connectivity index (χ1v) is 7.91. The van der Waals surface area contributed by atoms with E-state index in [1.54, 1.807) is 11.9 Å². The Kier molecular flexibility index (Phi) is 4.27. The van der Waals surface area contributed by atoms with Crippen molar-refractivity contribution in [3.63, 3.8) is 0 Å². The Balaban J connectivity index is 1.57. The van der Waals surface area contributed by atoms with E-state index in [0.29, 0.717) is 13.0 Å². The molecule has 1 atom stereocenters. The van der Waals surface area contributed by atoms with E-state index in [1.165, 1.54) is 11.1 Å². The molecule has 2 aliphatic heterocycles. The first kappa shape index (κ1) is 14.8. The minimum atomic E-state index is -0.142. The lowest BCUT2D eigenvalue weighted by atomic mass is 9.99. The Hall–Kier alpha value is -2.10. The molecule has 1 unspecified atom stereocenters. The molecule has 0 aliphatic carbocycles. The molecule has 0 saturated carbocycles. The average Bonchev–Trinajstić information content (AvgIpc) is 2.88. The second kappa shape index (κ2) is 6.34. The molecule has 0 radical (unpaired) electrons. The van der Waals surface area contributed by atoms with Crippen LogP contribution < -0.4 is 0 Å². The number of nitrogens with zero attached hydrogens (tertiary/aromatic N) is 2. The lowest BCUT2D eigenvalue weighted by Crippen LogP contribution is -2.40. The molecular formula is C18H22N2O2. The molecule has 0 N–H and O–H groups in total. The van der Waals surface area contributed by atoms with Gasteiger partial charge in [-0.25, -0.2) is 0 Å². The van der Waals surface area contributed by atoms with Gasteiger partial charge in [-0.05, 0) is 18.4 Å². The molecule has 0 spiro atoms. The van der Waals surface area contributed by atoms with Crippen LogP contribution >= 0.6 is 0 Å². The first-order chi connectivity index (χ1) is 10.6. The molecule has 2 heterocycles. The third-order valence-electron chi connectivity index (χ3n) is 4.58. The first-order valence-electron chi connectivity index (χ1n) is 7.91. The fourth-order valence-electron chi connectivity index (χ4n) is 3.23. The van der Waals surface area contributed by atoms with Gasteiger partial charge in [0.25, 0.3) is 0 Å². The monoisotopic (exact) mass is 298 g/mol. The standard InChI is InChI=1S/C18H22N2O2/c1-19-13-16(12-17(19)21)18(22)20-9-7-15(8-10-20)11-14-5-3-2-4-6-14/h2-6,11,16H,7-10,12-13H2,1H3. The number of carbonyl (C=O) groups is 2. The highest BCUT2D eigenvalue weighted by molar-refractivity contribution is 5.89. The van der Waals surface area contributed by atoms with Crippen LogP contribution in [0.25, 0.3) is 6.08 Å². The lowest BCUT2D eigenvalue weighted by Gasteiger charge is -2.30. The molecule has 2 fully saturated rings. The fraction of sp³-hybridized carbons (Fsp3) is 0.444. The van der Waals surface area contributed by atoms with Crippen LogP contribution in [0.3, 0.4) is 0 Å². The van der Waals surface area contributed by atoms with E-state index in [1.807, 2.05) is 23.1 Å². The Morgan fingerprint density at radius 2 is 1.86 bits per heavy atom. The van der Waals surface area contributed by atoms with Gasteiger partial charge in [0.2, 0.25) is 11.8 Å². The van der Waals surface area contributed by atoms with Gasteiger partial charge in [-0.15, -0.1) is 0 Å². The zero-order valence-corrected chi connectivity index (χ0v) is 13.0. The molecule has 1 aromatic carbocycles. The van der Waals surface area contributed by atoms with Crippen LogP contribution in [-0.2, 0) is 9.59 Å². The van der Waals surface area contributed by atoms with Crippen LogP contribution in [0.4, 0.5) is 0 Å². The van der Waals surface area contributed by atoms with Crippen LogP contribution in [-0.4, -0.2) is 48.3 Å². The van der Waals surface area contributed by atoms with Crippen molar-refractivity contribution >= 4 is 17.9 Å². The van der Waals surface area contributed by atoms with Gasteiger partial charge in [-0.2, -0.15) is 0 Å². The number of likely N-dealkylation sites (tertiary alicyclic amines) is 2. The summed E-state index contributed by atoms with van der Waals surface area (Å²) in [7, 11) is 1.77. The summed E-state index contributed by atoms with van der Waals surface area (Å²) in [6.45, 7) is 2.11. The Morgan fingerprint density at radius 3 is 2.45 bits per heavy atom. The van der Waals surface area contributed by atoms with E-state index in [0.717, 1.165) is 25.9 Å². The summed E-state index contributed by atoms with van der Waals surface area (Å²) in [6, 6.07) is 10.3. The maximum Gasteiger partial charge on any atom is 0.228 e. The smallest absolute Gasteiger partial charge is 0.228 e. The van der Waals surface area contributed by atoms with E-state index in [4.69, 9.17) is 0 Å². The van der Waals surface area contributed by atoms with Crippen molar-refractivity contribution in [2.24, 2.45) is 5.92 Å². The summed E-state index contributed by atoms with van der Waals surface area (Å²) < 4.78 is 0. The number of hydrogen-bond donors (Lipinski definition) is 0. The van der Waals surface area contributed by atoms with Gasteiger partial charge in [0, 0.05) is 33.1 Å². The second-order valence-corrected chi connectivity index (χ2v) is 6.21. The summed E-state index contributed by atoms with van der Waals surface area (Å²) in [4.78, 5) is 27.6. The molecular weight excluding hydrogens is 276 g/mol. The molecule has 2 aliphatic rings. The van der Waals surface area contributed by atoms with Crippen molar-refractivity contribution in [2.75, 3.05) is 26.7 Å². The maximum atomic E-state index is 12.5. The summed E-state index contributed by atoms with van der Waals surface area (Å²) in [5.41, 5.74) is 2.62. The number of carbonyl (C=O) groups excluding carboxylic acids is 2. The molecule has 0 aromatic heterocycles. The molecule has 116 valence electrons. The van der Waals surface area contributed by atoms with Gasteiger partial charge in [0.1, 0.15) is 0 Å². The molecule has 4 nitrogen and oxygen atoms in total. The van der Waals surface area contributed by atoms with Crippen molar-refractivity contribution in [3.8, 4) is 0 Å². The van der Waals surface area contributed by atoms with Crippen LogP contribution in [0.1, 0.15) is 24.8 Å². The molecule has 22 heavy (non-hydrogen) atoms. The van der Waals surface area contributed by atoms with Gasteiger partial charge >= 0.3 is 0 Å². The topological polar surface area (TPSA) is 40.6 Å². The number of benzene rings is 1. The summed E-state index contributed by atoms with van der Waals surface area (Å²) in [6.07, 6.45) is 4.46. The fourth-order valence-corrected chi connectivity index (χ4v) is 3.23. The SMILES string of the molecule is CN1CC(C(=O)N2CCC(=Cc3ccccc3)CC2)CC1=O. The van der Waals surface area contributed by atoms with Crippen molar-refractivity contribution < 1.29 is 9.59 Å². The largest absolute Gasteiger partial charge is 0.345 e.